The second-order valence-corrected chi connectivity index (χ2v) is 5.35. The second kappa shape index (κ2) is 8.02. The van der Waals surface area contributed by atoms with Gasteiger partial charge < -0.3 is 15.4 Å². The van der Waals surface area contributed by atoms with E-state index in [1.807, 2.05) is 6.07 Å². The van der Waals surface area contributed by atoms with Gasteiger partial charge in [-0.1, -0.05) is 37.3 Å². The van der Waals surface area contributed by atoms with Gasteiger partial charge in [-0.25, -0.2) is 0 Å². The fourth-order valence-corrected chi connectivity index (χ4v) is 2.41. The van der Waals surface area contributed by atoms with E-state index < -0.39 is 0 Å². The fourth-order valence-electron chi connectivity index (χ4n) is 2.41. The number of carbonyl (C=O) groups excluding carboxylic acids is 1. The Kier molecular flexibility index (Phi) is 6.02. The largest absolute Gasteiger partial charge is 0.375 e. The molecule has 0 radical (unpaired) electrons. The van der Waals surface area contributed by atoms with E-state index in [9.17, 15) is 4.79 Å². The molecule has 1 saturated heterocycles. The van der Waals surface area contributed by atoms with E-state index >= 15 is 0 Å². The number of nitrogens with one attached hydrogen (secondary N) is 2. The van der Waals surface area contributed by atoms with Gasteiger partial charge in [0.15, 0.2) is 0 Å². The van der Waals surface area contributed by atoms with E-state index in [1.54, 1.807) is 0 Å². The summed E-state index contributed by atoms with van der Waals surface area (Å²) in [5.74, 6) is 0.544. The maximum Gasteiger partial charge on any atom is 0.222 e. The number of rotatable bonds is 6. The van der Waals surface area contributed by atoms with Gasteiger partial charge in [0, 0.05) is 19.6 Å². The summed E-state index contributed by atoms with van der Waals surface area (Å²) in [7, 11) is 0. The molecule has 4 heteroatoms. The Morgan fingerprint density at radius 2 is 2.25 bits per heavy atom. The zero-order valence-corrected chi connectivity index (χ0v) is 12.1. The molecule has 2 N–H and O–H groups in total. The maximum atomic E-state index is 11.8. The van der Waals surface area contributed by atoms with Crippen LogP contribution in [0.25, 0.3) is 0 Å². The predicted molar refractivity (Wildman–Crippen MR) is 79.7 cm³/mol. The van der Waals surface area contributed by atoms with Crippen molar-refractivity contribution in [3.05, 3.63) is 35.9 Å². The van der Waals surface area contributed by atoms with E-state index in [0.29, 0.717) is 18.9 Å². The Labute approximate surface area is 120 Å². The number of morpholine rings is 1. The molecular formula is C16H24N2O2. The Morgan fingerprint density at radius 1 is 1.45 bits per heavy atom. The summed E-state index contributed by atoms with van der Waals surface area (Å²) in [6.07, 6.45) is 1.43. The van der Waals surface area contributed by atoms with E-state index in [4.69, 9.17) is 4.74 Å². The van der Waals surface area contributed by atoms with Crippen LogP contribution in [0.3, 0.4) is 0 Å². The van der Waals surface area contributed by atoms with Gasteiger partial charge in [0.25, 0.3) is 0 Å². The average molecular weight is 276 g/mol. The van der Waals surface area contributed by atoms with Crippen LogP contribution in [-0.4, -0.2) is 38.3 Å². The first-order valence-corrected chi connectivity index (χ1v) is 7.39. The highest BCUT2D eigenvalue weighted by molar-refractivity contribution is 5.76. The molecule has 1 fully saturated rings. The summed E-state index contributed by atoms with van der Waals surface area (Å²) in [6, 6.07) is 10.4. The first-order valence-electron chi connectivity index (χ1n) is 7.39. The van der Waals surface area contributed by atoms with Gasteiger partial charge in [-0.2, -0.15) is 0 Å². The molecule has 110 valence electrons. The quantitative estimate of drug-likeness (QED) is 0.831. The van der Waals surface area contributed by atoms with Gasteiger partial charge in [-0.05, 0) is 17.9 Å². The minimum Gasteiger partial charge on any atom is -0.375 e. The number of hydrogen-bond donors (Lipinski definition) is 2. The molecule has 20 heavy (non-hydrogen) atoms. The molecule has 0 saturated carbocycles. The standard InChI is InChI=1S/C16H24N2O2/c1-13(14-5-3-2-4-6-14)7-8-18-16(19)11-15-12-17-9-10-20-15/h2-6,13,15,17H,7-12H2,1H3,(H,18,19). The van der Waals surface area contributed by atoms with Gasteiger partial charge in [0.1, 0.15) is 0 Å². The molecular weight excluding hydrogens is 252 g/mol. The lowest BCUT2D eigenvalue weighted by Crippen LogP contribution is -2.41. The minimum absolute atomic E-state index is 0.0234. The smallest absolute Gasteiger partial charge is 0.222 e. The van der Waals surface area contributed by atoms with Crippen molar-refractivity contribution in [2.45, 2.75) is 31.8 Å². The SMILES string of the molecule is CC(CCNC(=O)CC1CNCCO1)c1ccccc1. The predicted octanol–water partition coefficient (Wildman–Crippen LogP) is 1.67. The first-order chi connectivity index (χ1) is 9.75. The average Bonchev–Trinajstić information content (AvgIpc) is 2.49. The molecule has 1 aliphatic rings. The molecule has 4 nitrogen and oxygen atoms in total. The topological polar surface area (TPSA) is 50.4 Å². The van der Waals surface area contributed by atoms with E-state index in [2.05, 4.69) is 41.8 Å². The molecule has 1 aromatic carbocycles. The second-order valence-electron chi connectivity index (χ2n) is 5.35. The van der Waals surface area contributed by atoms with Crippen molar-refractivity contribution in [3.63, 3.8) is 0 Å². The minimum atomic E-state index is 0.0234. The molecule has 1 aliphatic heterocycles. The molecule has 0 aromatic heterocycles. The molecule has 0 bridgehead atoms. The molecule has 0 aliphatic carbocycles. The number of hydrogen-bond acceptors (Lipinski definition) is 3. The lowest BCUT2D eigenvalue weighted by atomic mass is 9.98. The Bertz CT molecular complexity index is 402. The van der Waals surface area contributed by atoms with Crippen LogP contribution in [0, 0.1) is 0 Å². The third kappa shape index (κ3) is 4.94. The zero-order valence-electron chi connectivity index (χ0n) is 12.1. The lowest BCUT2D eigenvalue weighted by Gasteiger charge is -2.23. The Balaban J connectivity index is 1.63. The van der Waals surface area contributed by atoms with Crippen LogP contribution in [0.5, 0.6) is 0 Å². The third-order valence-electron chi connectivity index (χ3n) is 3.69. The van der Waals surface area contributed by atoms with Gasteiger partial charge in [-0.15, -0.1) is 0 Å². The number of benzene rings is 1. The Morgan fingerprint density at radius 3 is 2.95 bits per heavy atom. The van der Waals surface area contributed by atoms with Crippen molar-refractivity contribution in [2.24, 2.45) is 0 Å². The fraction of sp³-hybridized carbons (Fsp3) is 0.562. The summed E-state index contributed by atoms with van der Waals surface area (Å²) in [6.45, 7) is 5.26. The lowest BCUT2D eigenvalue weighted by molar-refractivity contribution is -0.124. The molecule has 1 amide bonds. The van der Waals surface area contributed by atoms with Crippen LogP contribution in [0.2, 0.25) is 0 Å². The molecule has 2 rings (SSSR count). The summed E-state index contributed by atoms with van der Waals surface area (Å²) >= 11 is 0. The van der Waals surface area contributed by atoms with Gasteiger partial charge in [0.05, 0.1) is 19.1 Å². The van der Waals surface area contributed by atoms with Crippen molar-refractivity contribution in [1.29, 1.82) is 0 Å². The van der Waals surface area contributed by atoms with E-state index in [0.717, 1.165) is 26.1 Å². The number of ether oxygens (including phenoxy) is 1. The summed E-state index contributed by atoms with van der Waals surface area (Å²) < 4.78 is 5.52. The van der Waals surface area contributed by atoms with Crippen LogP contribution in [0.1, 0.15) is 31.2 Å². The van der Waals surface area contributed by atoms with Crippen molar-refractivity contribution in [3.8, 4) is 0 Å². The highest BCUT2D eigenvalue weighted by atomic mass is 16.5. The third-order valence-corrected chi connectivity index (χ3v) is 3.69. The van der Waals surface area contributed by atoms with E-state index in [1.165, 1.54) is 5.56 Å². The van der Waals surface area contributed by atoms with Gasteiger partial charge in [-0.3, -0.25) is 4.79 Å². The summed E-state index contributed by atoms with van der Waals surface area (Å²) in [5.41, 5.74) is 1.32. The molecule has 2 atom stereocenters. The summed E-state index contributed by atoms with van der Waals surface area (Å²) in [4.78, 5) is 11.8. The normalized spacial score (nSPS) is 20.4. The molecule has 1 aromatic rings. The van der Waals surface area contributed by atoms with Gasteiger partial charge in [0.2, 0.25) is 5.91 Å². The number of carbonyl (C=O) groups is 1. The first kappa shape index (κ1) is 15.0. The van der Waals surface area contributed by atoms with Crippen molar-refractivity contribution >= 4 is 5.91 Å². The monoisotopic (exact) mass is 276 g/mol. The van der Waals surface area contributed by atoms with Crippen molar-refractivity contribution in [1.82, 2.24) is 10.6 Å². The van der Waals surface area contributed by atoms with Gasteiger partial charge >= 0.3 is 0 Å². The maximum absolute atomic E-state index is 11.8. The molecule has 1 heterocycles. The van der Waals surface area contributed by atoms with Crippen molar-refractivity contribution < 1.29 is 9.53 Å². The van der Waals surface area contributed by atoms with Crippen molar-refractivity contribution in [2.75, 3.05) is 26.2 Å². The highest BCUT2D eigenvalue weighted by Gasteiger charge is 2.17. The van der Waals surface area contributed by atoms with Crippen LogP contribution in [0.4, 0.5) is 0 Å². The molecule has 2 unspecified atom stereocenters. The van der Waals surface area contributed by atoms with Crippen LogP contribution in [0.15, 0.2) is 30.3 Å². The Hall–Kier alpha value is -1.39. The zero-order chi connectivity index (χ0) is 14.2. The van der Waals surface area contributed by atoms with Crippen LogP contribution >= 0.6 is 0 Å². The van der Waals surface area contributed by atoms with E-state index in [-0.39, 0.29) is 12.0 Å². The van der Waals surface area contributed by atoms with Crippen LogP contribution < -0.4 is 10.6 Å². The number of amides is 1. The highest BCUT2D eigenvalue weighted by Crippen LogP contribution is 2.17. The summed E-state index contributed by atoms with van der Waals surface area (Å²) in [5, 5.41) is 6.21. The molecule has 0 spiro atoms. The van der Waals surface area contributed by atoms with Crippen LogP contribution in [-0.2, 0) is 9.53 Å².